The largest absolute Gasteiger partial charge is 0.344 e. The molecule has 1 aliphatic carbocycles. The van der Waals surface area contributed by atoms with Gasteiger partial charge in [-0.25, -0.2) is 13.1 Å². The minimum absolute atomic E-state index is 0.104. The fraction of sp³-hybridized carbons (Fsp3) is 0.462. The van der Waals surface area contributed by atoms with Crippen LogP contribution in [0.1, 0.15) is 43.7 Å². The predicted octanol–water partition coefficient (Wildman–Crippen LogP) is 3.24. The Morgan fingerprint density at radius 3 is 2.24 bits per heavy atom. The zero-order valence-electron chi connectivity index (χ0n) is 20.2. The summed E-state index contributed by atoms with van der Waals surface area (Å²) in [7, 11) is -1.80. The van der Waals surface area contributed by atoms with Crippen molar-refractivity contribution >= 4 is 21.8 Å². The Bertz CT molecular complexity index is 1060. The van der Waals surface area contributed by atoms with Crippen LogP contribution in [0, 0.1) is 18.8 Å². The van der Waals surface area contributed by atoms with Crippen LogP contribution in [0.15, 0.2) is 59.5 Å². The van der Waals surface area contributed by atoms with E-state index < -0.39 is 16.1 Å². The maximum absolute atomic E-state index is 12.7. The molecular weight excluding hydrogens is 450 g/mol. The Hall–Kier alpha value is -2.71. The van der Waals surface area contributed by atoms with Gasteiger partial charge in [0.15, 0.2) is 0 Å². The molecule has 8 heteroatoms. The number of carbonyl (C=O) groups excluding carboxylic acids is 2. The van der Waals surface area contributed by atoms with Crippen molar-refractivity contribution in [2.24, 2.45) is 11.8 Å². The van der Waals surface area contributed by atoms with E-state index in [1.54, 1.807) is 43.1 Å². The highest BCUT2D eigenvalue weighted by Gasteiger charge is 2.29. The summed E-state index contributed by atoms with van der Waals surface area (Å²) in [5, 5.41) is 2.87. The van der Waals surface area contributed by atoms with Gasteiger partial charge in [0.25, 0.3) is 0 Å². The van der Waals surface area contributed by atoms with E-state index in [4.69, 9.17) is 0 Å². The van der Waals surface area contributed by atoms with Crippen molar-refractivity contribution in [2.75, 3.05) is 13.6 Å². The molecule has 1 saturated carbocycles. The zero-order valence-corrected chi connectivity index (χ0v) is 21.0. The van der Waals surface area contributed by atoms with Crippen LogP contribution in [0.2, 0.25) is 0 Å². The van der Waals surface area contributed by atoms with E-state index >= 15 is 0 Å². The topological polar surface area (TPSA) is 95.6 Å². The number of benzene rings is 2. The first-order valence-corrected chi connectivity index (χ1v) is 13.3. The first-order chi connectivity index (χ1) is 16.2. The molecular formula is C26H35N3O4S. The zero-order chi connectivity index (χ0) is 24.7. The molecule has 1 fully saturated rings. The number of nitrogens with one attached hydrogen (secondary N) is 2. The Kier molecular flexibility index (Phi) is 8.85. The number of hydrogen-bond acceptors (Lipinski definition) is 4. The molecule has 1 aliphatic rings. The van der Waals surface area contributed by atoms with E-state index in [1.165, 1.54) is 0 Å². The third-order valence-electron chi connectivity index (χ3n) is 6.48. The summed E-state index contributed by atoms with van der Waals surface area (Å²) >= 11 is 0. The van der Waals surface area contributed by atoms with Gasteiger partial charge in [-0.1, -0.05) is 48.0 Å². The fourth-order valence-electron chi connectivity index (χ4n) is 4.32. The minimum Gasteiger partial charge on any atom is -0.344 e. The van der Waals surface area contributed by atoms with E-state index in [2.05, 4.69) is 10.0 Å². The number of rotatable bonds is 9. The lowest BCUT2D eigenvalue weighted by atomic mass is 9.81. The van der Waals surface area contributed by atoms with Crippen molar-refractivity contribution in [3.63, 3.8) is 0 Å². The summed E-state index contributed by atoms with van der Waals surface area (Å²) in [5.41, 5.74) is 2.04. The fourth-order valence-corrected chi connectivity index (χ4v) is 5.43. The van der Waals surface area contributed by atoms with Gasteiger partial charge in [0.1, 0.15) is 6.04 Å². The Labute approximate surface area is 203 Å². The summed E-state index contributed by atoms with van der Waals surface area (Å²) in [6.07, 6.45) is 2.91. The number of hydrogen-bond donors (Lipinski definition) is 2. The molecule has 0 aliphatic heterocycles. The Balaban J connectivity index is 1.42. The lowest BCUT2D eigenvalue weighted by molar-refractivity contribution is -0.136. The molecule has 0 aromatic heterocycles. The lowest BCUT2D eigenvalue weighted by Gasteiger charge is -2.29. The van der Waals surface area contributed by atoms with Gasteiger partial charge in [-0.2, -0.15) is 0 Å². The minimum atomic E-state index is -3.53. The van der Waals surface area contributed by atoms with E-state index in [0.717, 1.165) is 24.0 Å². The molecule has 2 aromatic rings. The highest BCUT2D eigenvalue weighted by atomic mass is 32.2. The van der Waals surface area contributed by atoms with Crippen molar-refractivity contribution in [3.05, 3.63) is 65.7 Å². The third kappa shape index (κ3) is 7.14. The molecule has 0 spiro atoms. The molecule has 184 valence electrons. The second-order valence-electron chi connectivity index (χ2n) is 9.29. The quantitative estimate of drug-likeness (QED) is 0.570. The third-order valence-corrected chi connectivity index (χ3v) is 7.92. The van der Waals surface area contributed by atoms with E-state index in [1.807, 2.05) is 37.3 Å². The number of sulfonamides is 1. The first kappa shape index (κ1) is 25.9. The second kappa shape index (κ2) is 11.6. The van der Waals surface area contributed by atoms with Crippen LogP contribution < -0.4 is 10.0 Å². The molecule has 0 unspecified atom stereocenters. The molecule has 0 radical (unpaired) electrons. The van der Waals surface area contributed by atoms with Crippen LogP contribution in [-0.2, 0) is 26.2 Å². The van der Waals surface area contributed by atoms with Crippen LogP contribution >= 0.6 is 0 Å². The average Bonchev–Trinajstić information content (AvgIpc) is 2.83. The molecule has 1 atom stereocenters. The summed E-state index contributed by atoms with van der Waals surface area (Å²) in [6, 6.07) is 15.9. The van der Waals surface area contributed by atoms with Crippen LogP contribution in [0.25, 0.3) is 0 Å². The number of aryl methyl sites for hydroxylation is 1. The molecule has 3 rings (SSSR count). The lowest BCUT2D eigenvalue weighted by Crippen LogP contribution is -2.47. The van der Waals surface area contributed by atoms with E-state index in [-0.39, 0.29) is 28.5 Å². The standard InChI is InChI=1S/C26H35N3O4S/c1-19-9-15-24(16-10-19)34(32,33)27-17-21-11-13-23(14-12-21)25(30)28-20(2)26(31)29(3)18-22-7-5-4-6-8-22/h4-10,15-16,20-21,23,27H,11-14,17-18H2,1-3H3,(H,28,30)/t20-,21?,23?/m1/s1. The van der Waals surface area contributed by atoms with Crippen LogP contribution in [0.3, 0.4) is 0 Å². The number of nitrogens with zero attached hydrogens (tertiary/aromatic N) is 1. The van der Waals surface area contributed by atoms with Gasteiger partial charge in [0.05, 0.1) is 4.90 Å². The molecule has 2 amide bonds. The number of carbonyl (C=O) groups is 2. The van der Waals surface area contributed by atoms with Crippen molar-refractivity contribution in [1.29, 1.82) is 0 Å². The maximum atomic E-state index is 12.7. The van der Waals surface area contributed by atoms with E-state index in [9.17, 15) is 18.0 Å². The van der Waals surface area contributed by atoms with Crippen molar-refractivity contribution < 1.29 is 18.0 Å². The normalized spacial score (nSPS) is 19.3. The number of amides is 2. The van der Waals surface area contributed by atoms with Crippen molar-refractivity contribution in [1.82, 2.24) is 14.9 Å². The molecule has 7 nitrogen and oxygen atoms in total. The summed E-state index contributed by atoms with van der Waals surface area (Å²) in [5.74, 6) is -0.191. The highest BCUT2D eigenvalue weighted by molar-refractivity contribution is 7.89. The van der Waals surface area contributed by atoms with Gasteiger partial charge in [-0.15, -0.1) is 0 Å². The Morgan fingerprint density at radius 2 is 1.62 bits per heavy atom. The highest BCUT2D eigenvalue weighted by Crippen LogP contribution is 2.29. The smallest absolute Gasteiger partial charge is 0.244 e. The summed E-state index contributed by atoms with van der Waals surface area (Å²) < 4.78 is 27.7. The van der Waals surface area contributed by atoms with Crippen molar-refractivity contribution in [3.8, 4) is 0 Å². The van der Waals surface area contributed by atoms with Gasteiger partial charge in [-0.3, -0.25) is 9.59 Å². The van der Waals surface area contributed by atoms with Gasteiger partial charge in [0.2, 0.25) is 21.8 Å². The summed E-state index contributed by atoms with van der Waals surface area (Å²) in [6.45, 7) is 4.48. The van der Waals surface area contributed by atoms with Gasteiger partial charge >= 0.3 is 0 Å². The second-order valence-corrected chi connectivity index (χ2v) is 11.1. The van der Waals surface area contributed by atoms with Gasteiger partial charge < -0.3 is 10.2 Å². The molecule has 0 heterocycles. The number of likely N-dealkylation sites (N-methyl/N-ethyl adjacent to an activating group) is 1. The van der Waals surface area contributed by atoms with Crippen LogP contribution in [-0.4, -0.2) is 44.8 Å². The van der Waals surface area contributed by atoms with Crippen LogP contribution in [0.4, 0.5) is 0 Å². The molecule has 34 heavy (non-hydrogen) atoms. The van der Waals surface area contributed by atoms with Crippen LogP contribution in [0.5, 0.6) is 0 Å². The SMILES string of the molecule is Cc1ccc(S(=O)(=O)NCC2CCC(C(=O)N[C@H](C)C(=O)N(C)Cc3ccccc3)CC2)cc1. The van der Waals surface area contributed by atoms with E-state index in [0.29, 0.717) is 25.9 Å². The molecule has 0 bridgehead atoms. The van der Waals surface area contributed by atoms with Crippen molar-refractivity contribution in [2.45, 2.75) is 57.0 Å². The monoisotopic (exact) mass is 485 g/mol. The Morgan fingerprint density at radius 1 is 1.00 bits per heavy atom. The molecule has 2 aromatic carbocycles. The average molecular weight is 486 g/mol. The summed E-state index contributed by atoms with van der Waals surface area (Å²) in [4.78, 5) is 27.3. The predicted molar refractivity (Wildman–Crippen MR) is 132 cm³/mol. The molecule has 0 saturated heterocycles. The first-order valence-electron chi connectivity index (χ1n) is 11.8. The maximum Gasteiger partial charge on any atom is 0.244 e. The molecule has 2 N–H and O–H groups in total. The van der Waals surface area contributed by atoms with Gasteiger partial charge in [0, 0.05) is 26.1 Å². The van der Waals surface area contributed by atoms with Gasteiger partial charge in [-0.05, 0) is 63.1 Å².